The molecule has 1 saturated carbocycles. The van der Waals surface area contributed by atoms with Gasteiger partial charge < -0.3 is 25.0 Å². The number of nitrogens with one attached hydrogen (secondary N) is 1. The first-order valence-corrected chi connectivity index (χ1v) is 13.4. The van der Waals surface area contributed by atoms with Crippen molar-refractivity contribution in [2.45, 2.75) is 76.6 Å². The van der Waals surface area contributed by atoms with Gasteiger partial charge in [0.1, 0.15) is 29.3 Å². The summed E-state index contributed by atoms with van der Waals surface area (Å²) in [7, 11) is 0. The van der Waals surface area contributed by atoms with Gasteiger partial charge in [0.15, 0.2) is 5.78 Å². The Balaban J connectivity index is 1.70. The van der Waals surface area contributed by atoms with Crippen molar-refractivity contribution in [3.63, 3.8) is 0 Å². The van der Waals surface area contributed by atoms with E-state index in [1.165, 1.54) is 13.8 Å². The minimum atomic E-state index is -1.83. The third-order valence-electron chi connectivity index (χ3n) is 9.31. The lowest BCUT2D eigenvalue weighted by atomic mass is 9.51. The zero-order chi connectivity index (χ0) is 27.6. The highest BCUT2D eigenvalue weighted by Crippen LogP contribution is 2.61. The Labute approximate surface area is 223 Å². The number of epoxide rings is 1. The molecule has 2 heterocycles. The van der Waals surface area contributed by atoms with E-state index in [-0.39, 0.29) is 23.7 Å². The number of carbonyl (C=O) groups excluding carboxylic acids is 3. The number of amides is 1. The number of rotatable bonds is 3. The number of ketones is 1. The molecule has 8 nitrogen and oxygen atoms in total. The largest absolute Gasteiger partial charge is 0.458 e. The van der Waals surface area contributed by atoms with Crippen LogP contribution in [-0.4, -0.2) is 63.9 Å². The maximum absolute atomic E-state index is 14.3. The molecule has 8 heteroatoms. The van der Waals surface area contributed by atoms with Crippen molar-refractivity contribution in [1.29, 1.82) is 0 Å². The third-order valence-corrected chi connectivity index (χ3v) is 9.31. The number of fused-ring (bicyclic) bond motifs is 1. The number of carbonyl (C=O) groups is 3. The summed E-state index contributed by atoms with van der Waals surface area (Å²) in [4.78, 5) is 40.0. The second-order valence-electron chi connectivity index (χ2n) is 11.7. The molecule has 0 unspecified atom stereocenters. The van der Waals surface area contributed by atoms with Gasteiger partial charge in [0.05, 0.1) is 6.10 Å². The van der Waals surface area contributed by atoms with E-state index in [0.29, 0.717) is 18.4 Å². The van der Waals surface area contributed by atoms with Crippen LogP contribution in [0, 0.1) is 29.1 Å². The Hall–Kier alpha value is -2.81. The van der Waals surface area contributed by atoms with Gasteiger partial charge in [-0.15, -0.1) is 0 Å². The molecule has 0 radical (unpaired) electrons. The second-order valence-corrected chi connectivity index (χ2v) is 11.7. The fourth-order valence-corrected chi connectivity index (χ4v) is 7.41. The summed E-state index contributed by atoms with van der Waals surface area (Å²) >= 11 is 0. The quantitative estimate of drug-likeness (QED) is 0.315. The van der Waals surface area contributed by atoms with Crippen LogP contribution in [0.5, 0.6) is 0 Å². The molecular weight excluding hydrogens is 486 g/mol. The van der Waals surface area contributed by atoms with Crippen LogP contribution >= 0.6 is 0 Å². The number of hydrogen-bond acceptors (Lipinski definition) is 7. The molecule has 2 aliphatic heterocycles. The van der Waals surface area contributed by atoms with Gasteiger partial charge in [0.25, 0.3) is 0 Å². The van der Waals surface area contributed by atoms with E-state index in [0.717, 1.165) is 5.56 Å². The highest BCUT2D eigenvalue weighted by atomic mass is 16.6. The van der Waals surface area contributed by atoms with Crippen LogP contribution in [-0.2, 0) is 30.3 Å². The zero-order valence-corrected chi connectivity index (χ0v) is 22.3. The predicted octanol–water partition coefficient (Wildman–Crippen LogP) is 2.13. The van der Waals surface area contributed by atoms with Gasteiger partial charge in [-0.1, -0.05) is 62.9 Å². The number of aliphatic hydroxyl groups excluding tert-OH is 1. The molecule has 204 valence electrons. The fraction of sp³-hybridized carbons (Fsp3) is 0.567. The topological polar surface area (TPSA) is 125 Å². The minimum Gasteiger partial charge on any atom is -0.458 e. The average molecular weight is 524 g/mol. The second kappa shape index (κ2) is 9.43. The summed E-state index contributed by atoms with van der Waals surface area (Å²) in [6.45, 7) is 10.6. The molecule has 2 saturated heterocycles. The molecule has 1 aromatic carbocycles. The Morgan fingerprint density at radius 1 is 1.24 bits per heavy atom. The summed E-state index contributed by atoms with van der Waals surface area (Å²) in [5, 5.41) is 26.0. The van der Waals surface area contributed by atoms with Crippen LogP contribution in [0.3, 0.4) is 0 Å². The number of ether oxygens (including phenoxy) is 2. The molecule has 3 N–H and O–H groups in total. The first-order valence-electron chi connectivity index (χ1n) is 13.4. The lowest BCUT2D eigenvalue weighted by Crippen LogP contribution is -2.62. The number of benzene rings is 1. The number of hydrogen-bond donors (Lipinski definition) is 3. The van der Waals surface area contributed by atoms with E-state index in [1.807, 2.05) is 37.3 Å². The predicted molar refractivity (Wildman–Crippen MR) is 139 cm³/mol. The fourth-order valence-electron chi connectivity index (χ4n) is 7.41. The van der Waals surface area contributed by atoms with E-state index in [9.17, 15) is 24.6 Å². The van der Waals surface area contributed by atoms with Gasteiger partial charge in [-0.2, -0.15) is 0 Å². The molecule has 5 rings (SSSR count). The van der Waals surface area contributed by atoms with E-state index in [4.69, 9.17) is 9.47 Å². The molecule has 1 spiro atoms. The van der Waals surface area contributed by atoms with Gasteiger partial charge >= 0.3 is 5.97 Å². The average Bonchev–Trinajstić information content (AvgIpc) is 3.62. The number of Topliss-reactive ketones (excluding diaryl/α,β-unsaturated/α-hetero) is 1. The van der Waals surface area contributed by atoms with Crippen LogP contribution in [0.4, 0.5) is 0 Å². The van der Waals surface area contributed by atoms with Gasteiger partial charge in [0, 0.05) is 30.7 Å². The Morgan fingerprint density at radius 3 is 2.58 bits per heavy atom. The summed E-state index contributed by atoms with van der Waals surface area (Å²) < 4.78 is 11.9. The lowest BCUT2D eigenvalue weighted by molar-refractivity contribution is -0.175. The van der Waals surface area contributed by atoms with Crippen molar-refractivity contribution >= 4 is 17.7 Å². The summed E-state index contributed by atoms with van der Waals surface area (Å²) in [6.07, 6.45) is 0.350. The van der Waals surface area contributed by atoms with Crippen LogP contribution in [0.2, 0.25) is 0 Å². The maximum atomic E-state index is 14.3. The van der Waals surface area contributed by atoms with E-state index >= 15 is 0 Å². The molecule has 1 amide bonds. The van der Waals surface area contributed by atoms with E-state index < -0.39 is 59.2 Å². The molecular formula is C30H37NO7. The molecule has 1 aromatic rings. The van der Waals surface area contributed by atoms with Crippen molar-refractivity contribution < 1.29 is 34.1 Å². The SMILES string of the molecule is C=C1[C@@H](C)[C@H]2[C@H](Cc3ccccc3)NC(=O)[C@@]23[C@H](/C=C/C[C@H](C)C(=O)[C@](C)(O)[C@@H]2O[C@H]2[C@H]3OC(C)=O)[C@@H]1O. The molecule has 2 aliphatic carbocycles. The van der Waals surface area contributed by atoms with Gasteiger partial charge in [0.2, 0.25) is 5.91 Å². The number of allylic oxidation sites excluding steroid dienone is 1. The van der Waals surface area contributed by atoms with Crippen molar-refractivity contribution in [3.05, 3.63) is 60.2 Å². The van der Waals surface area contributed by atoms with Crippen LogP contribution in [0.1, 0.15) is 39.7 Å². The van der Waals surface area contributed by atoms with Gasteiger partial charge in [-0.05, 0) is 36.8 Å². The van der Waals surface area contributed by atoms with Gasteiger partial charge in [-0.3, -0.25) is 14.4 Å². The van der Waals surface area contributed by atoms with Crippen LogP contribution < -0.4 is 5.32 Å². The van der Waals surface area contributed by atoms with Crippen molar-refractivity contribution in [3.8, 4) is 0 Å². The first kappa shape index (κ1) is 26.8. The Kier molecular flexibility index (Phi) is 6.65. The standard InChI is InChI=1S/C30H37NO7/c1-15-10-9-13-20-23(33)17(3)16(2)22-21(14-19-11-7-6-8-12-19)31-28(35)30(20,22)27(37-18(4)32)24-26(38-24)29(5,36)25(15)34/h6-9,11-13,15-16,20-24,26-27,33,36H,3,10,14H2,1-2,4-5H3,(H,31,35)/b13-9+/t15-,16+,20+,21-,22-,23+,24+,26+,27+,29-,30-/m0/s1. The normalized spacial score (nSPS) is 45.1. The minimum absolute atomic E-state index is 0.302. The highest BCUT2D eigenvalue weighted by Gasteiger charge is 2.74. The Morgan fingerprint density at radius 2 is 1.92 bits per heavy atom. The third kappa shape index (κ3) is 3.96. The number of esters is 1. The molecule has 3 fully saturated rings. The molecule has 0 bridgehead atoms. The van der Waals surface area contributed by atoms with Crippen molar-refractivity contribution in [2.75, 3.05) is 0 Å². The van der Waals surface area contributed by atoms with Crippen molar-refractivity contribution in [1.82, 2.24) is 5.32 Å². The van der Waals surface area contributed by atoms with E-state index in [1.54, 1.807) is 19.1 Å². The molecule has 4 aliphatic rings. The highest BCUT2D eigenvalue weighted by molar-refractivity contribution is 5.91. The van der Waals surface area contributed by atoms with Crippen LogP contribution in [0.15, 0.2) is 54.6 Å². The molecule has 11 atom stereocenters. The smallest absolute Gasteiger partial charge is 0.303 e. The first-order chi connectivity index (χ1) is 17.9. The zero-order valence-electron chi connectivity index (χ0n) is 22.3. The lowest BCUT2D eigenvalue weighted by Gasteiger charge is -2.52. The molecule has 0 aromatic heterocycles. The maximum Gasteiger partial charge on any atom is 0.303 e. The number of aliphatic hydroxyl groups is 2. The van der Waals surface area contributed by atoms with Gasteiger partial charge in [-0.25, -0.2) is 0 Å². The summed E-state index contributed by atoms with van der Waals surface area (Å²) in [5.41, 5.74) is -1.60. The van der Waals surface area contributed by atoms with Crippen LogP contribution in [0.25, 0.3) is 0 Å². The van der Waals surface area contributed by atoms with E-state index in [2.05, 4.69) is 11.9 Å². The van der Waals surface area contributed by atoms with Crippen molar-refractivity contribution in [2.24, 2.45) is 29.1 Å². The Bertz CT molecular complexity index is 1180. The monoisotopic (exact) mass is 523 g/mol. The summed E-state index contributed by atoms with van der Waals surface area (Å²) in [6, 6.07) is 9.48. The summed E-state index contributed by atoms with van der Waals surface area (Å²) in [5.74, 6) is -3.34. The molecule has 38 heavy (non-hydrogen) atoms.